The first-order valence-electron chi connectivity index (χ1n) is 18.9. The fourth-order valence-electron chi connectivity index (χ4n) is 10.5. The van der Waals surface area contributed by atoms with Crippen molar-refractivity contribution >= 4 is 43.7 Å². The zero-order valence-electron chi connectivity index (χ0n) is 30.1. The van der Waals surface area contributed by atoms with Crippen molar-refractivity contribution in [3.8, 4) is 27.9 Å². The highest BCUT2D eigenvalue weighted by Crippen LogP contribution is 2.59. The van der Waals surface area contributed by atoms with Gasteiger partial charge in [-0.3, -0.25) is 0 Å². The predicted octanol–water partition coefficient (Wildman–Crippen LogP) is 13.4. The number of para-hydroxylation sites is 2. The summed E-state index contributed by atoms with van der Waals surface area (Å²) >= 11 is 0. The average molecular weight is 690 g/mol. The first-order valence-corrected chi connectivity index (χ1v) is 18.9. The minimum absolute atomic E-state index is 0.270. The molecule has 12 rings (SSSR count). The van der Waals surface area contributed by atoms with Gasteiger partial charge in [-0.2, -0.15) is 0 Å². The van der Waals surface area contributed by atoms with Gasteiger partial charge in [0.05, 0.1) is 16.4 Å². The van der Waals surface area contributed by atoms with Crippen molar-refractivity contribution in [3.63, 3.8) is 0 Å². The Hall–Kier alpha value is -6.64. The highest BCUT2D eigenvalue weighted by molar-refractivity contribution is 6.31. The third-order valence-corrected chi connectivity index (χ3v) is 12.6. The van der Waals surface area contributed by atoms with E-state index in [-0.39, 0.29) is 5.41 Å². The Labute approximate surface area is 313 Å². The average Bonchev–Trinajstić information content (AvgIpc) is 3.93. The number of hydrogen-bond acceptors (Lipinski definition) is 1. The van der Waals surface area contributed by atoms with Crippen LogP contribution in [0, 0.1) is 0 Å². The van der Waals surface area contributed by atoms with E-state index >= 15 is 0 Å². The lowest BCUT2D eigenvalue weighted by atomic mass is 9.67. The molecule has 0 radical (unpaired) electrons. The summed E-state index contributed by atoms with van der Waals surface area (Å²) in [7, 11) is 0. The molecule has 2 heterocycles. The largest absolute Gasteiger partial charge is 0.455 e. The van der Waals surface area contributed by atoms with Crippen LogP contribution in [0.25, 0.3) is 71.7 Å². The number of fused-ring (bicyclic) bond motifs is 15. The Bertz CT molecular complexity index is 3140. The van der Waals surface area contributed by atoms with E-state index in [1.54, 1.807) is 0 Å². The number of benzene rings is 8. The Kier molecular flexibility index (Phi) is 5.81. The molecular formula is C52H35NO. The molecular weight excluding hydrogens is 655 g/mol. The zero-order valence-corrected chi connectivity index (χ0v) is 30.1. The monoisotopic (exact) mass is 689 g/mol. The van der Waals surface area contributed by atoms with Crippen molar-refractivity contribution in [1.29, 1.82) is 0 Å². The molecule has 0 amide bonds. The molecule has 8 aromatic carbocycles. The summed E-state index contributed by atoms with van der Waals surface area (Å²) in [5, 5.41) is 4.84. The molecule has 254 valence electrons. The van der Waals surface area contributed by atoms with Crippen LogP contribution in [-0.2, 0) is 10.8 Å². The maximum Gasteiger partial charge on any atom is 0.144 e. The molecule has 0 unspecified atom stereocenters. The maximum absolute atomic E-state index is 6.93. The summed E-state index contributed by atoms with van der Waals surface area (Å²) in [4.78, 5) is 0. The Morgan fingerprint density at radius 2 is 1.07 bits per heavy atom. The second-order valence-electron chi connectivity index (χ2n) is 15.6. The topological polar surface area (TPSA) is 18.1 Å². The van der Waals surface area contributed by atoms with Gasteiger partial charge in [0.2, 0.25) is 0 Å². The summed E-state index contributed by atoms with van der Waals surface area (Å²) in [6.45, 7) is 4.78. The number of nitrogens with zero attached hydrogens (tertiary/aromatic N) is 1. The van der Waals surface area contributed by atoms with Gasteiger partial charge in [-0.1, -0.05) is 166 Å². The van der Waals surface area contributed by atoms with E-state index in [0.29, 0.717) is 0 Å². The Morgan fingerprint density at radius 3 is 1.83 bits per heavy atom. The fraction of sp³-hybridized carbons (Fsp3) is 0.0769. The third kappa shape index (κ3) is 3.56. The summed E-state index contributed by atoms with van der Waals surface area (Å²) in [5.41, 5.74) is 17.6. The van der Waals surface area contributed by atoms with Gasteiger partial charge in [-0.25, -0.2) is 0 Å². The third-order valence-electron chi connectivity index (χ3n) is 12.6. The van der Waals surface area contributed by atoms with Gasteiger partial charge in [0, 0.05) is 38.2 Å². The van der Waals surface area contributed by atoms with Crippen molar-refractivity contribution in [2.24, 2.45) is 0 Å². The van der Waals surface area contributed by atoms with Crippen LogP contribution in [0.3, 0.4) is 0 Å². The maximum atomic E-state index is 6.93. The van der Waals surface area contributed by atoms with Crippen LogP contribution >= 0.6 is 0 Å². The molecule has 2 nitrogen and oxygen atoms in total. The van der Waals surface area contributed by atoms with Gasteiger partial charge in [0.25, 0.3) is 0 Å². The van der Waals surface area contributed by atoms with Crippen molar-refractivity contribution in [3.05, 3.63) is 209 Å². The van der Waals surface area contributed by atoms with E-state index in [2.05, 4.69) is 194 Å². The molecule has 0 spiro atoms. The molecule has 2 heteroatoms. The quantitative estimate of drug-likeness (QED) is 0.181. The molecule has 0 N–H and O–H groups in total. The van der Waals surface area contributed by atoms with Crippen LogP contribution in [0.15, 0.2) is 180 Å². The fourth-order valence-corrected chi connectivity index (χ4v) is 10.5. The lowest BCUT2D eigenvalue weighted by Gasteiger charge is -2.34. The van der Waals surface area contributed by atoms with E-state index in [1.165, 1.54) is 82.8 Å². The Balaban J connectivity index is 1.28. The van der Waals surface area contributed by atoms with Gasteiger partial charge >= 0.3 is 0 Å². The van der Waals surface area contributed by atoms with Crippen molar-refractivity contribution in [2.75, 3.05) is 0 Å². The van der Waals surface area contributed by atoms with Crippen molar-refractivity contribution < 1.29 is 4.42 Å². The van der Waals surface area contributed by atoms with E-state index < -0.39 is 5.41 Å². The highest BCUT2D eigenvalue weighted by atomic mass is 16.3. The van der Waals surface area contributed by atoms with Gasteiger partial charge < -0.3 is 8.98 Å². The van der Waals surface area contributed by atoms with Crippen LogP contribution in [0.1, 0.15) is 47.2 Å². The molecule has 2 aliphatic rings. The van der Waals surface area contributed by atoms with E-state index in [1.807, 2.05) is 0 Å². The summed E-state index contributed by atoms with van der Waals surface area (Å²) in [5.74, 6) is 0. The van der Waals surface area contributed by atoms with Crippen molar-refractivity contribution in [2.45, 2.75) is 24.7 Å². The van der Waals surface area contributed by atoms with Gasteiger partial charge in [-0.05, 0) is 74.3 Å². The molecule has 0 fully saturated rings. The van der Waals surface area contributed by atoms with Crippen molar-refractivity contribution in [1.82, 2.24) is 4.57 Å². The second kappa shape index (κ2) is 10.5. The van der Waals surface area contributed by atoms with Crippen LogP contribution < -0.4 is 0 Å². The number of rotatable bonds is 3. The van der Waals surface area contributed by atoms with Crippen LogP contribution in [-0.4, -0.2) is 4.57 Å². The lowest BCUT2D eigenvalue weighted by Crippen LogP contribution is -2.28. The summed E-state index contributed by atoms with van der Waals surface area (Å²) < 4.78 is 9.50. The molecule has 0 aliphatic heterocycles. The molecule has 2 aliphatic carbocycles. The SMILES string of the molecule is CC1(C)c2ccccc2-c2c1c1c(c3ccccc3n1-c1ccc3c(c1)C(c1ccccc1)(c1ccccc1)c1ccccc1-3)c1c2oc2ccccc21. The minimum atomic E-state index is -0.491. The van der Waals surface area contributed by atoms with E-state index in [9.17, 15) is 0 Å². The first-order chi connectivity index (χ1) is 26.6. The number of hydrogen-bond donors (Lipinski definition) is 0. The molecule has 0 saturated heterocycles. The minimum Gasteiger partial charge on any atom is -0.455 e. The van der Waals surface area contributed by atoms with Crippen LogP contribution in [0.4, 0.5) is 0 Å². The molecule has 54 heavy (non-hydrogen) atoms. The second-order valence-corrected chi connectivity index (χ2v) is 15.6. The van der Waals surface area contributed by atoms with Gasteiger partial charge in [-0.15, -0.1) is 0 Å². The standard InChI is InChI=1S/C52H35NO/c1-51(2)40-25-13-10-22-37(40)47-48(51)49-45(46-39-24-12-16-28-44(39)54-50(46)47)38-23-11-15-27-43(38)53(49)34-29-30-36-35-21-9-14-26-41(35)52(42(36)31-34,32-17-5-3-6-18-32)33-19-7-4-8-20-33/h3-31H,1-2H3. The van der Waals surface area contributed by atoms with Crippen LogP contribution in [0.2, 0.25) is 0 Å². The zero-order chi connectivity index (χ0) is 35.8. The van der Waals surface area contributed by atoms with Gasteiger partial charge in [0.1, 0.15) is 11.2 Å². The molecule has 10 aromatic rings. The summed E-state index contributed by atoms with van der Waals surface area (Å²) in [6.07, 6.45) is 0. The molecule has 0 bridgehead atoms. The Morgan fingerprint density at radius 1 is 0.481 bits per heavy atom. The smallest absolute Gasteiger partial charge is 0.144 e. The normalized spacial score (nSPS) is 14.8. The highest BCUT2D eigenvalue weighted by Gasteiger charge is 2.47. The first kappa shape index (κ1) is 29.9. The number of furan rings is 1. The number of aromatic nitrogens is 1. The van der Waals surface area contributed by atoms with E-state index in [4.69, 9.17) is 4.42 Å². The van der Waals surface area contributed by atoms with Gasteiger partial charge in [0.15, 0.2) is 0 Å². The van der Waals surface area contributed by atoms with E-state index in [0.717, 1.165) is 22.2 Å². The predicted molar refractivity (Wildman–Crippen MR) is 223 cm³/mol. The van der Waals surface area contributed by atoms with Crippen LogP contribution in [0.5, 0.6) is 0 Å². The lowest BCUT2D eigenvalue weighted by molar-refractivity contribution is 0.656. The summed E-state index contributed by atoms with van der Waals surface area (Å²) in [6, 6.07) is 64.9. The molecule has 2 aromatic heterocycles. The molecule has 0 atom stereocenters. The molecule has 0 saturated carbocycles.